The van der Waals surface area contributed by atoms with E-state index in [0.29, 0.717) is 6.04 Å². The van der Waals surface area contributed by atoms with Crippen molar-refractivity contribution in [2.24, 2.45) is 0 Å². The molecule has 1 aliphatic rings. The molecule has 18 heavy (non-hydrogen) atoms. The highest BCUT2D eigenvalue weighted by Crippen LogP contribution is 2.33. The van der Waals surface area contributed by atoms with Gasteiger partial charge in [-0.05, 0) is 37.8 Å². The van der Waals surface area contributed by atoms with Crippen molar-refractivity contribution >= 4 is 22.3 Å². The Kier molecular flexibility index (Phi) is 2.86. The van der Waals surface area contributed by atoms with Crippen molar-refractivity contribution in [2.75, 3.05) is 17.2 Å². The van der Waals surface area contributed by atoms with E-state index in [1.165, 1.54) is 31.4 Å². The number of anilines is 2. The van der Waals surface area contributed by atoms with Crippen LogP contribution in [0, 0.1) is 0 Å². The van der Waals surface area contributed by atoms with E-state index in [1.54, 1.807) is 0 Å². The number of nitrogens with two attached hydrogens (primary N) is 1. The lowest BCUT2D eigenvalue weighted by atomic mass is 9.98. The summed E-state index contributed by atoms with van der Waals surface area (Å²) in [5, 5.41) is 8.18. The third-order valence-electron chi connectivity index (χ3n) is 4.00. The molecule has 96 valence electrons. The second-order valence-electron chi connectivity index (χ2n) is 5.12. The molecule has 4 heteroatoms. The topological polar surface area (TPSA) is 57.9 Å². The molecule has 3 N–H and O–H groups in total. The molecule has 0 radical (unpaired) electrons. The number of nitrogens with zero attached hydrogens (tertiary/aromatic N) is 2. The van der Waals surface area contributed by atoms with Gasteiger partial charge in [0.2, 0.25) is 0 Å². The van der Waals surface area contributed by atoms with Gasteiger partial charge in [0.05, 0.1) is 23.1 Å². The number of nitrogens with one attached hydrogen (secondary N) is 1. The van der Waals surface area contributed by atoms with Gasteiger partial charge in [0.15, 0.2) is 0 Å². The number of piperidine rings is 1. The molecule has 2 heterocycles. The average Bonchev–Trinajstić information content (AvgIpc) is 2.84. The fourth-order valence-corrected chi connectivity index (χ4v) is 2.99. The van der Waals surface area contributed by atoms with Gasteiger partial charge in [0, 0.05) is 18.0 Å². The molecule has 2 aromatic rings. The minimum Gasteiger partial charge on any atom is -0.397 e. The van der Waals surface area contributed by atoms with E-state index in [0.717, 1.165) is 23.1 Å². The van der Waals surface area contributed by atoms with Gasteiger partial charge >= 0.3 is 0 Å². The molecule has 1 aliphatic heterocycles. The molecule has 0 amide bonds. The molecular formula is C14H20N4. The highest BCUT2D eigenvalue weighted by molar-refractivity contribution is 5.89. The van der Waals surface area contributed by atoms with Gasteiger partial charge in [-0.2, -0.15) is 5.10 Å². The standard InChI is InChI=1S/C14H20N4/c1-2-11-5-3-4-6-18(11)14-8-13-10(7-12(14)15)9-16-17-13/h7-9,11H,2-6,15H2,1H3,(H,16,17). The Morgan fingerprint density at radius 1 is 1.44 bits per heavy atom. The zero-order valence-corrected chi connectivity index (χ0v) is 10.8. The van der Waals surface area contributed by atoms with Crippen LogP contribution in [0.15, 0.2) is 18.3 Å². The zero-order chi connectivity index (χ0) is 12.5. The number of benzene rings is 1. The summed E-state index contributed by atoms with van der Waals surface area (Å²) in [6, 6.07) is 4.79. The summed E-state index contributed by atoms with van der Waals surface area (Å²) in [6.45, 7) is 3.37. The maximum Gasteiger partial charge on any atom is 0.0672 e. The summed E-state index contributed by atoms with van der Waals surface area (Å²) < 4.78 is 0. The Morgan fingerprint density at radius 3 is 3.17 bits per heavy atom. The maximum atomic E-state index is 6.21. The second-order valence-corrected chi connectivity index (χ2v) is 5.12. The van der Waals surface area contributed by atoms with Crippen molar-refractivity contribution in [3.05, 3.63) is 18.3 Å². The minimum absolute atomic E-state index is 0.626. The van der Waals surface area contributed by atoms with Crippen LogP contribution >= 0.6 is 0 Å². The number of hydrogen-bond acceptors (Lipinski definition) is 3. The first-order valence-corrected chi connectivity index (χ1v) is 6.79. The Labute approximate surface area is 107 Å². The summed E-state index contributed by atoms with van der Waals surface area (Å²) in [7, 11) is 0. The first-order chi connectivity index (χ1) is 8.79. The van der Waals surface area contributed by atoms with Crippen LogP contribution < -0.4 is 10.6 Å². The first kappa shape index (κ1) is 11.4. The lowest BCUT2D eigenvalue weighted by Gasteiger charge is -2.37. The smallest absolute Gasteiger partial charge is 0.0672 e. The predicted molar refractivity (Wildman–Crippen MR) is 75.8 cm³/mol. The van der Waals surface area contributed by atoms with Crippen LogP contribution in [0.25, 0.3) is 10.9 Å². The molecule has 1 saturated heterocycles. The van der Waals surface area contributed by atoms with E-state index in [9.17, 15) is 0 Å². The predicted octanol–water partition coefficient (Wildman–Crippen LogP) is 2.91. The van der Waals surface area contributed by atoms with Crippen LogP contribution in [0.3, 0.4) is 0 Å². The number of aromatic amines is 1. The number of aromatic nitrogens is 2. The lowest BCUT2D eigenvalue weighted by Crippen LogP contribution is -2.39. The quantitative estimate of drug-likeness (QED) is 0.799. The van der Waals surface area contributed by atoms with Crippen LogP contribution in [-0.4, -0.2) is 22.8 Å². The van der Waals surface area contributed by atoms with Crippen molar-refractivity contribution in [2.45, 2.75) is 38.6 Å². The summed E-state index contributed by atoms with van der Waals surface area (Å²) in [4.78, 5) is 2.47. The molecule has 4 nitrogen and oxygen atoms in total. The summed E-state index contributed by atoms with van der Waals surface area (Å²) in [6.07, 6.45) is 6.87. The molecule has 0 aliphatic carbocycles. The number of fused-ring (bicyclic) bond motifs is 1. The van der Waals surface area contributed by atoms with E-state index in [-0.39, 0.29) is 0 Å². The van der Waals surface area contributed by atoms with Gasteiger partial charge in [-0.3, -0.25) is 5.10 Å². The van der Waals surface area contributed by atoms with Crippen LogP contribution in [0.4, 0.5) is 11.4 Å². The largest absolute Gasteiger partial charge is 0.397 e. The fourth-order valence-electron chi connectivity index (χ4n) is 2.99. The molecule has 1 atom stereocenters. The van der Waals surface area contributed by atoms with Crippen molar-refractivity contribution in [1.82, 2.24) is 10.2 Å². The van der Waals surface area contributed by atoms with Crippen LogP contribution in [-0.2, 0) is 0 Å². The van der Waals surface area contributed by atoms with Gasteiger partial charge in [0.1, 0.15) is 0 Å². The van der Waals surface area contributed by atoms with Crippen molar-refractivity contribution < 1.29 is 0 Å². The monoisotopic (exact) mass is 244 g/mol. The molecule has 0 spiro atoms. The first-order valence-electron chi connectivity index (χ1n) is 6.79. The number of H-pyrrole nitrogens is 1. The highest BCUT2D eigenvalue weighted by Gasteiger charge is 2.22. The van der Waals surface area contributed by atoms with E-state index in [1.807, 2.05) is 12.3 Å². The molecular weight excluding hydrogens is 224 g/mol. The zero-order valence-electron chi connectivity index (χ0n) is 10.8. The van der Waals surface area contributed by atoms with E-state index < -0.39 is 0 Å². The van der Waals surface area contributed by atoms with Gasteiger partial charge in [-0.15, -0.1) is 0 Å². The number of rotatable bonds is 2. The van der Waals surface area contributed by atoms with Crippen molar-refractivity contribution in [3.8, 4) is 0 Å². The lowest BCUT2D eigenvalue weighted by molar-refractivity contribution is 0.450. The average molecular weight is 244 g/mol. The Balaban J connectivity index is 2.03. The number of hydrogen-bond donors (Lipinski definition) is 2. The van der Waals surface area contributed by atoms with Crippen LogP contribution in [0.1, 0.15) is 32.6 Å². The molecule has 3 rings (SSSR count). The fraction of sp³-hybridized carbons (Fsp3) is 0.500. The normalized spacial score (nSPS) is 20.5. The van der Waals surface area contributed by atoms with Gasteiger partial charge in [-0.25, -0.2) is 0 Å². The summed E-state index contributed by atoms with van der Waals surface area (Å²) in [5.74, 6) is 0. The van der Waals surface area contributed by atoms with Crippen molar-refractivity contribution in [3.63, 3.8) is 0 Å². The Morgan fingerprint density at radius 2 is 2.33 bits per heavy atom. The molecule has 1 aromatic carbocycles. The molecule has 0 bridgehead atoms. The second kappa shape index (κ2) is 4.52. The minimum atomic E-state index is 0.626. The molecule has 1 unspecified atom stereocenters. The van der Waals surface area contributed by atoms with Gasteiger partial charge in [0.25, 0.3) is 0 Å². The third-order valence-corrected chi connectivity index (χ3v) is 4.00. The Hall–Kier alpha value is -1.71. The molecule has 1 aromatic heterocycles. The maximum absolute atomic E-state index is 6.21. The summed E-state index contributed by atoms with van der Waals surface area (Å²) >= 11 is 0. The summed E-state index contributed by atoms with van der Waals surface area (Å²) in [5.41, 5.74) is 9.31. The van der Waals surface area contributed by atoms with E-state index >= 15 is 0 Å². The van der Waals surface area contributed by atoms with Crippen LogP contribution in [0.2, 0.25) is 0 Å². The highest BCUT2D eigenvalue weighted by atomic mass is 15.2. The van der Waals surface area contributed by atoms with E-state index in [2.05, 4.69) is 28.1 Å². The van der Waals surface area contributed by atoms with Gasteiger partial charge < -0.3 is 10.6 Å². The van der Waals surface area contributed by atoms with Crippen LogP contribution in [0.5, 0.6) is 0 Å². The van der Waals surface area contributed by atoms with Gasteiger partial charge in [-0.1, -0.05) is 6.92 Å². The van der Waals surface area contributed by atoms with Crippen molar-refractivity contribution in [1.29, 1.82) is 0 Å². The molecule has 0 saturated carbocycles. The third kappa shape index (κ3) is 1.82. The Bertz CT molecular complexity index is 546. The number of nitrogen functional groups attached to an aromatic ring is 1. The molecule has 1 fully saturated rings. The SMILES string of the molecule is CCC1CCCCN1c1cc2[nH]ncc2cc1N. The van der Waals surface area contributed by atoms with E-state index in [4.69, 9.17) is 5.73 Å².